The molecule has 7 nitrogen and oxygen atoms in total. The third-order valence-corrected chi connectivity index (χ3v) is 3.23. The number of nitrogens with one attached hydrogen (secondary N) is 3. The van der Waals surface area contributed by atoms with Crippen LogP contribution >= 0.6 is 0 Å². The zero-order chi connectivity index (χ0) is 18.6. The van der Waals surface area contributed by atoms with Crippen LogP contribution in [-0.4, -0.2) is 16.9 Å². The van der Waals surface area contributed by atoms with Gasteiger partial charge in [0, 0.05) is 18.0 Å². The van der Waals surface area contributed by atoms with E-state index in [0.717, 1.165) is 6.07 Å². The van der Waals surface area contributed by atoms with Crippen LogP contribution in [0, 0.1) is 5.82 Å². The smallest absolute Gasteiger partial charge is 0.319 e. The standard InChI is InChI=1S/C17H21FN4O3/c1-10(23)21-11-5-6-12(18)13(7-11)22-16(24)20-9-15-19-8-14(25-15)17(2,3)4/h5-8H,9H2,1-4H3,(H,21,23)(H2,20,22,24). The van der Waals surface area contributed by atoms with Crippen molar-refractivity contribution >= 4 is 23.3 Å². The number of nitrogens with zero attached hydrogens (tertiary/aromatic N) is 1. The van der Waals surface area contributed by atoms with Crippen molar-refractivity contribution < 1.29 is 18.4 Å². The van der Waals surface area contributed by atoms with Gasteiger partial charge in [-0.1, -0.05) is 20.8 Å². The molecule has 2 rings (SSSR count). The second-order valence-electron chi connectivity index (χ2n) is 6.55. The molecule has 0 spiro atoms. The minimum Gasteiger partial charge on any atom is -0.443 e. The quantitative estimate of drug-likeness (QED) is 0.789. The fourth-order valence-corrected chi connectivity index (χ4v) is 1.96. The van der Waals surface area contributed by atoms with E-state index in [0.29, 0.717) is 17.3 Å². The highest BCUT2D eigenvalue weighted by Gasteiger charge is 2.19. The number of carbonyl (C=O) groups excluding carboxylic acids is 2. The number of benzene rings is 1. The Balaban J connectivity index is 1.96. The highest BCUT2D eigenvalue weighted by Crippen LogP contribution is 2.22. The maximum absolute atomic E-state index is 13.8. The molecule has 0 saturated carbocycles. The minimum atomic E-state index is -0.616. The van der Waals surface area contributed by atoms with Gasteiger partial charge in [0.25, 0.3) is 0 Å². The largest absolute Gasteiger partial charge is 0.443 e. The van der Waals surface area contributed by atoms with Crippen molar-refractivity contribution in [2.75, 3.05) is 10.6 Å². The van der Waals surface area contributed by atoms with Crippen molar-refractivity contribution in [1.82, 2.24) is 10.3 Å². The highest BCUT2D eigenvalue weighted by molar-refractivity contribution is 5.92. The average Bonchev–Trinajstić information content (AvgIpc) is 2.97. The topological polar surface area (TPSA) is 96.3 Å². The first-order valence-electron chi connectivity index (χ1n) is 7.72. The molecule has 134 valence electrons. The lowest BCUT2D eigenvalue weighted by atomic mass is 9.94. The van der Waals surface area contributed by atoms with Crippen molar-refractivity contribution in [3.8, 4) is 0 Å². The number of halogens is 1. The Morgan fingerprint density at radius 1 is 1.24 bits per heavy atom. The maximum Gasteiger partial charge on any atom is 0.319 e. The molecule has 0 bridgehead atoms. The number of oxazole rings is 1. The summed E-state index contributed by atoms with van der Waals surface area (Å²) in [4.78, 5) is 27.1. The maximum atomic E-state index is 13.8. The Bertz CT molecular complexity index is 780. The van der Waals surface area contributed by atoms with Crippen LogP contribution in [-0.2, 0) is 16.8 Å². The van der Waals surface area contributed by atoms with Crippen molar-refractivity contribution in [1.29, 1.82) is 0 Å². The van der Waals surface area contributed by atoms with Crippen LogP contribution in [0.2, 0.25) is 0 Å². The molecule has 0 saturated heterocycles. The lowest BCUT2D eigenvalue weighted by Gasteiger charge is -2.13. The number of rotatable bonds is 4. The summed E-state index contributed by atoms with van der Waals surface area (Å²) in [6.45, 7) is 7.37. The predicted octanol–water partition coefficient (Wildman–Crippen LogP) is 3.39. The fraction of sp³-hybridized carbons (Fsp3) is 0.353. The summed E-state index contributed by atoms with van der Waals surface area (Å²) < 4.78 is 19.3. The highest BCUT2D eigenvalue weighted by atomic mass is 19.1. The van der Waals surface area contributed by atoms with Crippen LogP contribution in [0.5, 0.6) is 0 Å². The van der Waals surface area contributed by atoms with Gasteiger partial charge in [-0.15, -0.1) is 0 Å². The monoisotopic (exact) mass is 348 g/mol. The van der Waals surface area contributed by atoms with Crippen LogP contribution in [0.1, 0.15) is 39.3 Å². The Kier molecular flexibility index (Phi) is 5.41. The molecule has 0 aliphatic rings. The van der Waals surface area contributed by atoms with Gasteiger partial charge < -0.3 is 20.4 Å². The first-order chi connectivity index (χ1) is 11.6. The summed E-state index contributed by atoms with van der Waals surface area (Å²) in [5.74, 6) is 0.155. The summed E-state index contributed by atoms with van der Waals surface area (Å²) >= 11 is 0. The van der Waals surface area contributed by atoms with Crippen molar-refractivity contribution in [2.24, 2.45) is 0 Å². The third kappa shape index (κ3) is 5.30. The van der Waals surface area contributed by atoms with Crippen LogP contribution < -0.4 is 16.0 Å². The van der Waals surface area contributed by atoms with Crippen LogP contribution in [0.3, 0.4) is 0 Å². The average molecular weight is 348 g/mol. The molecule has 8 heteroatoms. The molecule has 0 atom stereocenters. The van der Waals surface area contributed by atoms with Crippen LogP contribution in [0.4, 0.5) is 20.6 Å². The molecule has 2 aromatic rings. The SMILES string of the molecule is CC(=O)Nc1ccc(F)c(NC(=O)NCc2ncc(C(C)(C)C)o2)c1. The fourth-order valence-electron chi connectivity index (χ4n) is 1.96. The molecule has 1 aromatic heterocycles. The first kappa shape index (κ1) is 18.4. The zero-order valence-electron chi connectivity index (χ0n) is 14.6. The van der Waals surface area contributed by atoms with Gasteiger partial charge in [-0.3, -0.25) is 4.79 Å². The summed E-state index contributed by atoms with van der Waals surface area (Å²) in [6, 6.07) is 3.28. The number of amides is 3. The predicted molar refractivity (Wildman–Crippen MR) is 91.8 cm³/mol. The molecule has 0 unspecified atom stereocenters. The number of hydrogen-bond acceptors (Lipinski definition) is 4. The van der Waals surface area contributed by atoms with E-state index in [4.69, 9.17) is 4.42 Å². The van der Waals surface area contributed by atoms with Crippen molar-refractivity contribution in [3.05, 3.63) is 41.9 Å². The minimum absolute atomic E-state index is 0.0495. The van der Waals surface area contributed by atoms with Gasteiger partial charge in [0.2, 0.25) is 11.8 Å². The van der Waals surface area contributed by atoms with Crippen molar-refractivity contribution in [3.63, 3.8) is 0 Å². The summed E-state index contributed by atoms with van der Waals surface area (Å²) in [7, 11) is 0. The van der Waals surface area contributed by atoms with E-state index >= 15 is 0 Å². The van der Waals surface area contributed by atoms with Crippen molar-refractivity contribution in [2.45, 2.75) is 39.7 Å². The van der Waals surface area contributed by atoms with E-state index in [-0.39, 0.29) is 23.6 Å². The Labute approximate surface area is 145 Å². The van der Waals surface area contributed by atoms with Gasteiger partial charge in [0.1, 0.15) is 11.6 Å². The normalized spacial score (nSPS) is 11.1. The third-order valence-electron chi connectivity index (χ3n) is 3.23. The Morgan fingerprint density at radius 3 is 2.56 bits per heavy atom. The number of hydrogen-bond donors (Lipinski definition) is 3. The Morgan fingerprint density at radius 2 is 1.96 bits per heavy atom. The number of carbonyl (C=O) groups is 2. The molecule has 0 fully saturated rings. The number of anilines is 2. The van der Waals surface area contributed by atoms with E-state index in [1.165, 1.54) is 19.1 Å². The molecule has 0 radical (unpaired) electrons. The van der Waals surface area contributed by atoms with E-state index in [2.05, 4.69) is 20.9 Å². The second kappa shape index (κ2) is 7.33. The molecule has 1 aromatic carbocycles. The van der Waals surface area contributed by atoms with Gasteiger partial charge >= 0.3 is 6.03 Å². The van der Waals surface area contributed by atoms with Crippen LogP contribution in [0.15, 0.2) is 28.8 Å². The molecule has 1 heterocycles. The van der Waals surface area contributed by atoms with Gasteiger partial charge in [0.05, 0.1) is 18.4 Å². The first-order valence-corrected chi connectivity index (χ1v) is 7.72. The van der Waals surface area contributed by atoms with E-state index in [9.17, 15) is 14.0 Å². The molecule has 3 N–H and O–H groups in total. The van der Waals surface area contributed by atoms with Gasteiger partial charge in [-0.2, -0.15) is 0 Å². The van der Waals surface area contributed by atoms with E-state index < -0.39 is 11.8 Å². The molecule has 0 aliphatic carbocycles. The molecular weight excluding hydrogens is 327 g/mol. The van der Waals surface area contributed by atoms with E-state index in [1.807, 2.05) is 20.8 Å². The lowest BCUT2D eigenvalue weighted by molar-refractivity contribution is -0.114. The summed E-state index contributed by atoms with van der Waals surface area (Å²) in [5.41, 5.74) is 0.152. The van der Waals surface area contributed by atoms with E-state index in [1.54, 1.807) is 6.20 Å². The van der Waals surface area contributed by atoms with Gasteiger partial charge in [0.15, 0.2) is 0 Å². The molecular formula is C17H21FN4O3. The summed E-state index contributed by atoms with van der Waals surface area (Å²) in [6.07, 6.45) is 1.62. The Hall–Kier alpha value is -2.90. The van der Waals surface area contributed by atoms with Gasteiger partial charge in [-0.25, -0.2) is 14.2 Å². The molecule has 3 amide bonds. The second-order valence-corrected chi connectivity index (χ2v) is 6.55. The molecule has 0 aliphatic heterocycles. The number of aromatic nitrogens is 1. The zero-order valence-corrected chi connectivity index (χ0v) is 14.6. The van der Waals surface area contributed by atoms with Gasteiger partial charge in [-0.05, 0) is 18.2 Å². The number of urea groups is 1. The van der Waals surface area contributed by atoms with Crippen LogP contribution in [0.25, 0.3) is 0 Å². The molecule has 25 heavy (non-hydrogen) atoms. The summed E-state index contributed by atoms with van der Waals surface area (Å²) in [5, 5.41) is 7.44. The lowest BCUT2D eigenvalue weighted by Crippen LogP contribution is -2.28.